The summed E-state index contributed by atoms with van der Waals surface area (Å²) in [7, 11) is 0. The van der Waals surface area contributed by atoms with Gasteiger partial charge in [-0.15, -0.1) is 0 Å². The Labute approximate surface area is 125 Å². The van der Waals surface area contributed by atoms with Crippen LogP contribution in [0.2, 0.25) is 0 Å². The van der Waals surface area contributed by atoms with Gasteiger partial charge in [0.05, 0.1) is 13.0 Å². The molecule has 1 N–H and O–H groups in total. The van der Waals surface area contributed by atoms with Gasteiger partial charge in [-0.05, 0) is 29.5 Å². The minimum absolute atomic E-state index is 0.136. The zero-order chi connectivity index (χ0) is 16.0. The number of benzene rings is 1. The summed E-state index contributed by atoms with van der Waals surface area (Å²) >= 11 is 0. The number of carboxylic acids is 1. The molecule has 114 valence electrons. The summed E-state index contributed by atoms with van der Waals surface area (Å²) in [5, 5.41) is 9.37. The summed E-state index contributed by atoms with van der Waals surface area (Å²) in [4.78, 5) is 23.0. The van der Waals surface area contributed by atoms with Crippen LogP contribution in [0, 0.1) is 5.41 Å². The van der Waals surface area contributed by atoms with Crippen LogP contribution in [0.1, 0.15) is 38.8 Å². The van der Waals surface area contributed by atoms with Gasteiger partial charge in [0.15, 0.2) is 0 Å². The highest BCUT2D eigenvalue weighted by Crippen LogP contribution is 2.28. The molecule has 0 aliphatic heterocycles. The highest BCUT2D eigenvalue weighted by molar-refractivity contribution is 5.94. The number of hydrogen-bond donors (Lipinski definition) is 1. The Morgan fingerprint density at radius 2 is 1.86 bits per heavy atom. The van der Waals surface area contributed by atoms with Crippen molar-refractivity contribution in [1.29, 1.82) is 0 Å². The molecule has 1 aromatic rings. The normalized spacial score (nSPS) is 12.1. The van der Waals surface area contributed by atoms with E-state index in [1.807, 2.05) is 45.0 Å². The molecule has 0 atom stereocenters. The van der Waals surface area contributed by atoms with Crippen LogP contribution in [-0.2, 0) is 20.7 Å². The fourth-order valence-electron chi connectivity index (χ4n) is 1.96. The molecule has 0 heterocycles. The summed E-state index contributed by atoms with van der Waals surface area (Å²) in [6, 6.07) is 7.26. The molecule has 0 unspecified atom stereocenters. The lowest BCUT2D eigenvalue weighted by molar-refractivity contribution is -0.142. The molecule has 0 saturated heterocycles. The van der Waals surface area contributed by atoms with E-state index in [-0.39, 0.29) is 12.4 Å². The molecular formula is C17H22O4. The average molecular weight is 290 g/mol. The minimum Gasteiger partial charge on any atom is -0.478 e. The van der Waals surface area contributed by atoms with Crippen LogP contribution in [-0.4, -0.2) is 23.7 Å². The number of aliphatic carboxylic acids is 1. The van der Waals surface area contributed by atoms with Gasteiger partial charge in [-0.2, -0.15) is 0 Å². The Balaban J connectivity index is 3.18. The molecule has 21 heavy (non-hydrogen) atoms. The lowest BCUT2D eigenvalue weighted by Gasteiger charge is -2.20. The molecule has 0 bridgehead atoms. The lowest BCUT2D eigenvalue weighted by atomic mass is 9.84. The van der Waals surface area contributed by atoms with Crippen LogP contribution in [0.15, 0.2) is 29.8 Å². The Bertz CT molecular complexity index is 550. The summed E-state index contributed by atoms with van der Waals surface area (Å²) in [6.07, 6.45) is 1.77. The van der Waals surface area contributed by atoms with Crippen molar-refractivity contribution in [3.63, 3.8) is 0 Å². The van der Waals surface area contributed by atoms with Gasteiger partial charge in [-0.1, -0.05) is 45.0 Å². The molecule has 0 spiro atoms. The molecule has 0 aromatic heterocycles. The van der Waals surface area contributed by atoms with Crippen LogP contribution < -0.4 is 0 Å². The second-order valence-electron chi connectivity index (χ2n) is 5.79. The van der Waals surface area contributed by atoms with Crippen molar-refractivity contribution in [2.24, 2.45) is 5.41 Å². The maximum atomic E-state index is 11.6. The Morgan fingerprint density at radius 1 is 1.24 bits per heavy atom. The predicted molar refractivity (Wildman–Crippen MR) is 81.8 cm³/mol. The van der Waals surface area contributed by atoms with E-state index in [1.165, 1.54) is 0 Å². The van der Waals surface area contributed by atoms with E-state index in [9.17, 15) is 14.7 Å². The highest BCUT2D eigenvalue weighted by atomic mass is 16.5. The van der Waals surface area contributed by atoms with Crippen LogP contribution in [0.5, 0.6) is 0 Å². The number of ether oxygens (including phenoxy) is 1. The molecule has 0 aliphatic carbocycles. The smallest absolute Gasteiger partial charge is 0.332 e. The van der Waals surface area contributed by atoms with Gasteiger partial charge in [0.25, 0.3) is 0 Å². The van der Waals surface area contributed by atoms with E-state index in [0.717, 1.165) is 11.1 Å². The minimum atomic E-state index is -0.951. The largest absolute Gasteiger partial charge is 0.478 e. The van der Waals surface area contributed by atoms with Gasteiger partial charge in [0.1, 0.15) is 0 Å². The van der Waals surface area contributed by atoms with Crippen LogP contribution in [0.3, 0.4) is 0 Å². The summed E-state index contributed by atoms with van der Waals surface area (Å²) < 4.78 is 4.94. The van der Waals surface area contributed by atoms with Crippen molar-refractivity contribution in [2.75, 3.05) is 6.61 Å². The average Bonchev–Trinajstić information content (AvgIpc) is 2.36. The van der Waals surface area contributed by atoms with Gasteiger partial charge < -0.3 is 9.84 Å². The van der Waals surface area contributed by atoms with E-state index in [1.54, 1.807) is 13.0 Å². The second kappa shape index (κ2) is 7.07. The van der Waals surface area contributed by atoms with Gasteiger partial charge in [0, 0.05) is 5.57 Å². The van der Waals surface area contributed by atoms with E-state index in [4.69, 9.17) is 4.74 Å². The third-order valence-corrected chi connectivity index (χ3v) is 3.03. The molecule has 1 aromatic carbocycles. The molecule has 4 heteroatoms. The standard InChI is InChI=1S/C17H22O4/c1-5-21-15(18)11-13-9-7-6-8-12(13)10-14(16(19)20)17(2,3)4/h6-10H,5,11H2,1-4H3,(H,19,20). The molecular weight excluding hydrogens is 268 g/mol. The highest BCUT2D eigenvalue weighted by Gasteiger charge is 2.23. The molecule has 0 radical (unpaired) electrons. The molecule has 0 saturated carbocycles. The first-order valence-electron chi connectivity index (χ1n) is 6.94. The van der Waals surface area contributed by atoms with Crippen LogP contribution in [0.4, 0.5) is 0 Å². The molecule has 0 amide bonds. The monoisotopic (exact) mass is 290 g/mol. The van der Waals surface area contributed by atoms with Gasteiger partial charge in [0.2, 0.25) is 0 Å². The van der Waals surface area contributed by atoms with E-state index in [0.29, 0.717) is 12.2 Å². The molecule has 0 aliphatic rings. The first-order valence-corrected chi connectivity index (χ1v) is 6.94. The number of carbonyl (C=O) groups is 2. The van der Waals surface area contributed by atoms with Crippen molar-refractivity contribution in [3.8, 4) is 0 Å². The molecule has 4 nitrogen and oxygen atoms in total. The van der Waals surface area contributed by atoms with Crippen molar-refractivity contribution in [1.82, 2.24) is 0 Å². The molecule has 1 rings (SSSR count). The maximum Gasteiger partial charge on any atom is 0.332 e. The topological polar surface area (TPSA) is 63.6 Å². The van der Waals surface area contributed by atoms with Crippen LogP contribution >= 0.6 is 0 Å². The van der Waals surface area contributed by atoms with Crippen LogP contribution in [0.25, 0.3) is 6.08 Å². The predicted octanol–water partition coefficient (Wildman–Crippen LogP) is 3.31. The van der Waals surface area contributed by atoms with Crippen molar-refractivity contribution < 1.29 is 19.4 Å². The summed E-state index contributed by atoms with van der Waals surface area (Å²) in [5.74, 6) is -1.26. The molecule has 0 fully saturated rings. The number of carboxylic acid groups (broad SMARTS) is 1. The first-order chi connectivity index (χ1) is 9.75. The number of hydrogen-bond acceptors (Lipinski definition) is 3. The second-order valence-corrected chi connectivity index (χ2v) is 5.79. The van der Waals surface area contributed by atoms with Gasteiger partial charge >= 0.3 is 11.9 Å². The first kappa shape index (κ1) is 17.0. The Kier molecular flexibility index (Phi) is 5.70. The zero-order valence-electron chi connectivity index (χ0n) is 13.0. The summed E-state index contributed by atoms with van der Waals surface area (Å²) in [6.45, 7) is 7.63. The van der Waals surface area contributed by atoms with Gasteiger partial charge in [-0.25, -0.2) is 4.79 Å². The van der Waals surface area contributed by atoms with Crippen molar-refractivity contribution >= 4 is 18.0 Å². The Morgan fingerprint density at radius 3 is 2.38 bits per heavy atom. The maximum absolute atomic E-state index is 11.6. The zero-order valence-corrected chi connectivity index (χ0v) is 13.0. The summed E-state index contributed by atoms with van der Waals surface area (Å²) in [5.41, 5.74) is 1.32. The van der Waals surface area contributed by atoms with E-state index < -0.39 is 11.4 Å². The third-order valence-electron chi connectivity index (χ3n) is 3.03. The van der Waals surface area contributed by atoms with Gasteiger partial charge in [-0.3, -0.25) is 4.79 Å². The Hall–Kier alpha value is -2.10. The fourth-order valence-corrected chi connectivity index (χ4v) is 1.96. The van der Waals surface area contributed by atoms with Crippen molar-refractivity contribution in [3.05, 3.63) is 41.0 Å². The number of carbonyl (C=O) groups excluding carboxylic acids is 1. The SMILES string of the molecule is CCOC(=O)Cc1ccccc1C=C(C(=O)O)C(C)(C)C. The van der Waals surface area contributed by atoms with Crippen molar-refractivity contribution in [2.45, 2.75) is 34.1 Å². The number of esters is 1. The van der Waals surface area contributed by atoms with E-state index >= 15 is 0 Å². The lowest BCUT2D eigenvalue weighted by Crippen LogP contribution is -2.17. The fraction of sp³-hybridized carbons (Fsp3) is 0.412. The van der Waals surface area contributed by atoms with E-state index in [2.05, 4.69) is 0 Å². The quantitative estimate of drug-likeness (QED) is 0.667. The third kappa shape index (κ3) is 5.06. The number of rotatable bonds is 5.